The van der Waals surface area contributed by atoms with Crippen molar-refractivity contribution >= 4 is 31.4 Å². The molecular weight excluding hydrogens is 308 g/mol. The quantitative estimate of drug-likeness (QED) is 0.924. The van der Waals surface area contributed by atoms with Gasteiger partial charge in [-0.15, -0.1) is 11.3 Å². The molecule has 0 amide bonds. The van der Waals surface area contributed by atoms with Crippen molar-refractivity contribution in [1.29, 1.82) is 0 Å². The zero-order chi connectivity index (χ0) is 15.0. The topological polar surface area (TPSA) is 60.9 Å². The lowest BCUT2D eigenvalue weighted by atomic mass is 10.2. The number of sulfonamides is 1. The third-order valence-corrected chi connectivity index (χ3v) is 7.13. The summed E-state index contributed by atoms with van der Waals surface area (Å²) < 4.78 is 28.3. The highest BCUT2D eigenvalue weighted by Crippen LogP contribution is 2.36. The monoisotopic (exact) mass is 326 g/mol. The molecule has 0 radical (unpaired) electrons. The molecule has 0 unspecified atom stereocenters. The fourth-order valence-corrected chi connectivity index (χ4v) is 5.79. The van der Waals surface area contributed by atoms with E-state index in [1.165, 1.54) is 15.6 Å². The molecule has 1 aromatic heterocycles. The number of thiophene rings is 1. The van der Waals surface area contributed by atoms with Gasteiger partial charge >= 0.3 is 0 Å². The predicted molar refractivity (Wildman–Crippen MR) is 84.0 cm³/mol. The molecule has 114 valence electrons. The molecule has 0 spiro atoms. The summed E-state index contributed by atoms with van der Waals surface area (Å²) in [5.41, 5.74) is 0. The number of hydrogen-bond donors (Lipinski definition) is 1. The Bertz CT molecular complexity index is 747. The number of fused-ring (bicyclic) bond motifs is 1. The molecule has 7 heteroatoms. The Morgan fingerprint density at radius 1 is 1.19 bits per heavy atom. The Morgan fingerprint density at radius 3 is 2.52 bits per heavy atom. The number of nitrogens with zero attached hydrogens (tertiary/aromatic N) is 2. The molecule has 1 aromatic carbocycles. The van der Waals surface area contributed by atoms with E-state index < -0.39 is 10.0 Å². The van der Waals surface area contributed by atoms with Crippen molar-refractivity contribution in [3.05, 3.63) is 29.1 Å². The van der Waals surface area contributed by atoms with Crippen LogP contribution >= 0.6 is 11.3 Å². The lowest BCUT2D eigenvalue weighted by Gasteiger charge is -2.31. The van der Waals surface area contributed by atoms with Crippen LogP contribution in [0.3, 0.4) is 0 Å². The SMILES string of the molecule is CN1CCN(S(=O)(=O)c2c(CO)sc3ccccc23)CC1. The van der Waals surface area contributed by atoms with E-state index in [0.717, 1.165) is 17.8 Å². The first kappa shape index (κ1) is 14.9. The van der Waals surface area contributed by atoms with Gasteiger partial charge in [-0.3, -0.25) is 0 Å². The van der Waals surface area contributed by atoms with Crippen LogP contribution in [-0.4, -0.2) is 56.0 Å². The molecule has 0 atom stereocenters. The average molecular weight is 326 g/mol. The number of likely N-dealkylation sites (N-methyl/N-ethyl adjacent to an activating group) is 1. The van der Waals surface area contributed by atoms with Crippen molar-refractivity contribution < 1.29 is 13.5 Å². The summed E-state index contributed by atoms with van der Waals surface area (Å²) >= 11 is 1.35. The van der Waals surface area contributed by atoms with Gasteiger partial charge in [0, 0.05) is 36.3 Å². The normalized spacial score (nSPS) is 18.4. The van der Waals surface area contributed by atoms with Crippen LogP contribution in [0, 0.1) is 0 Å². The van der Waals surface area contributed by atoms with Crippen molar-refractivity contribution in [3.8, 4) is 0 Å². The van der Waals surface area contributed by atoms with Gasteiger partial charge in [-0.1, -0.05) is 18.2 Å². The molecule has 21 heavy (non-hydrogen) atoms. The van der Waals surface area contributed by atoms with Crippen molar-refractivity contribution in [2.75, 3.05) is 33.2 Å². The molecule has 2 aromatic rings. The average Bonchev–Trinajstić information content (AvgIpc) is 2.87. The van der Waals surface area contributed by atoms with Crippen molar-refractivity contribution in [2.24, 2.45) is 0 Å². The Hall–Kier alpha value is -0.990. The molecule has 1 saturated heterocycles. The van der Waals surface area contributed by atoms with Crippen LogP contribution < -0.4 is 0 Å². The van der Waals surface area contributed by atoms with Crippen LogP contribution in [0.15, 0.2) is 29.2 Å². The molecule has 1 aliphatic heterocycles. The zero-order valence-electron chi connectivity index (χ0n) is 11.8. The molecule has 0 saturated carbocycles. The van der Waals surface area contributed by atoms with Crippen molar-refractivity contribution in [2.45, 2.75) is 11.5 Å². The maximum absolute atomic E-state index is 13.0. The molecule has 1 fully saturated rings. The van der Waals surface area contributed by atoms with Gasteiger partial charge in [0.1, 0.15) is 4.90 Å². The second-order valence-corrected chi connectivity index (χ2v) is 8.23. The largest absolute Gasteiger partial charge is 0.391 e. The zero-order valence-corrected chi connectivity index (χ0v) is 13.5. The Labute approximate surface area is 128 Å². The summed E-state index contributed by atoms with van der Waals surface area (Å²) in [4.78, 5) is 2.93. The standard InChI is InChI=1S/C14H18N2O3S2/c1-15-6-8-16(9-7-15)21(18,19)14-11-4-2-3-5-12(11)20-13(14)10-17/h2-5,17H,6-10H2,1H3. The molecule has 3 rings (SSSR count). The third-order valence-electron chi connectivity index (χ3n) is 3.82. The fraction of sp³-hybridized carbons (Fsp3) is 0.429. The second-order valence-electron chi connectivity index (χ2n) is 5.22. The number of benzene rings is 1. The van der Waals surface area contributed by atoms with Crippen LogP contribution in [0.25, 0.3) is 10.1 Å². The van der Waals surface area contributed by atoms with Gasteiger partial charge in [-0.05, 0) is 13.1 Å². The lowest BCUT2D eigenvalue weighted by Crippen LogP contribution is -2.47. The summed E-state index contributed by atoms with van der Waals surface area (Å²) in [7, 11) is -1.57. The van der Waals surface area contributed by atoms with E-state index in [0.29, 0.717) is 23.4 Å². The van der Waals surface area contributed by atoms with E-state index in [9.17, 15) is 13.5 Å². The Kier molecular flexibility index (Phi) is 4.02. The summed E-state index contributed by atoms with van der Waals surface area (Å²) in [5.74, 6) is 0. The maximum atomic E-state index is 13.0. The van der Waals surface area contributed by atoms with Crippen molar-refractivity contribution in [3.63, 3.8) is 0 Å². The maximum Gasteiger partial charge on any atom is 0.244 e. The van der Waals surface area contributed by atoms with Gasteiger partial charge in [-0.2, -0.15) is 4.31 Å². The minimum atomic E-state index is -3.55. The first-order valence-electron chi connectivity index (χ1n) is 6.84. The highest BCUT2D eigenvalue weighted by molar-refractivity contribution is 7.89. The van der Waals surface area contributed by atoms with E-state index in [2.05, 4.69) is 4.90 Å². The predicted octanol–water partition coefficient (Wildman–Crippen LogP) is 1.33. The van der Waals surface area contributed by atoms with Gasteiger partial charge < -0.3 is 10.0 Å². The van der Waals surface area contributed by atoms with E-state index >= 15 is 0 Å². The van der Waals surface area contributed by atoms with E-state index in [4.69, 9.17) is 0 Å². The van der Waals surface area contributed by atoms with Crippen molar-refractivity contribution in [1.82, 2.24) is 9.21 Å². The number of aliphatic hydroxyl groups excluding tert-OH is 1. The summed E-state index contributed by atoms with van der Waals surface area (Å²) in [6, 6.07) is 7.42. The van der Waals surface area contributed by atoms with Crippen LogP contribution in [0.5, 0.6) is 0 Å². The second kappa shape index (κ2) is 5.66. The molecule has 2 heterocycles. The Morgan fingerprint density at radius 2 is 1.86 bits per heavy atom. The van der Waals surface area contributed by atoms with E-state index in [1.54, 1.807) is 0 Å². The van der Waals surface area contributed by atoms with Crippen LogP contribution in [0.4, 0.5) is 0 Å². The minimum Gasteiger partial charge on any atom is -0.391 e. The fourth-order valence-electron chi connectivity index (χ4n) is 2.62. The van der Waals surface area contributed by atoms with Gasteiger partial charge in [0.2, 0.25) is 10.0 Å². The number of rotatable bonds is 3. The Balaban J connectivity index is 2.10. The molecular formula is C14H18N2O3S2. The lowest BCUT2D eigenvalue weighted by molar-refractivity contribution is 0.222. The molecule has 0 aliphatic carbocycles. The summed E-state index contributed by atoms with van der Waals surface area (Å²) in [6.45, 7) is 2.20. The van der Waals surface area contributed by atoms with Crippen LogP contribution in [0.2, 0.25) is 0 Å². The highest BCUT2D eigenvalue weighted by atomic mass is 32.2. The van der Waals surface area contributed by atoms with Gasteiger partial charge in [0.05, 0.1) is 11.5 Å². The third kappa shape index (κ3) is 2.60. The molecule has 1 aliphatic rings. The van der Waals surface area contributed by atoms with Gasteiger partial charge in [0.15, 0.2) is 0 Å². The number of piperazine rings is 1. The minimum absolute atomic E-state index is 0.248. The van der Waals surface area contributed by atoms with Gasteiger partial charge in [0.25, 0.3) is 0 Å². The molecule has 0 bridgehead atoms. The number of hydrogen-bond acceptors (Lipinski definition) is 5. The number of aliphatic hydroxyl groups is 1. The van der Waals surface area contributed by atoms with Crippen LogP contribution in [0.1, 0.15) is 4.88 Å². The van der Waals surface area contributed by atoms with E-state index in [-0.39, 0.29) is 11.5 Å². The molecule has 1 N–H and O–H groups in total. The summed E-state index contributed by atoms with van der Waals surface area (Å²) in [6.07, 6.45) is 0. The highest BCUT2D eigenvalue weighted by Gasteiger charge is 2.32. The first-order chi connectivity index (χ1) is 10.0. The smallest absolute Gasteiger partial charge is 0.244 e. The van der Waals surface area contributed by atoms with Gasteiger partial charge in [-0.25, -0.2) is 8.42 Å². The molecule has 5 nitrogen and oxygen atoms in total. The van der Waals surface area contributed by atoms with E-state index in [1.807, 2.05) is 31.3 Å². The summed E-state index contributed by atoms with van der Waals surface area (Å²) in [5, 5.41) is 10.3. The van der Waals surface area contributed by atoms with Crippen LogP contribution in [-0.2, 0) is 16.6 Å². The first-order valence-corrected chi connectivity index (χ1v) is 9.09.